The standard InChI is InChI=1S/C12H9NS/c13-8-12(11-6-7-14-9-11)10-4-2-1-3-5-10/h1-7H,9H2. The first kappa shape index (κ1) is 9.11. The molecule has 0 amide bonds. The minimum Gasteiger partial charge on any atom is -0.192 e. The van der Waals surface area contributed by atoms with Gasteiger partial charge in [0, 0.05) is 5.75 Å². The fourth-order valence-electron chi connectivity index (χ4n) is 1.40. The van der Waals surface area contributed by atoms with Crippen molar-refractivity contribution in [2.24, 2.45) is 0 Å². The second-order valence-corrected chi connectivity index (χ2v) is 3.89. The van der Waals surface area contributed by atoms with Gasteiger partial charge >= 0.3 is 0 Å². The van der Waals surface area contributed by atoms with Gasteiger partial charge in [0.2, 0.25) is 0 Å². The molecule has 0 saturated carbocycles. The second-order valence-electron chi connectivity index (χ2n) is 2.99. The molecule has 0 fully saturated rings. The van der Waals surface area contributed by atoms with Crippen LogP contribution in [0.4, 0.5) is 0 Å². The van der Waals surface area contributed by atoms with Crippen LogP contribution in [0.3, 0.4) is 0 Å². The van der Waals surface area contributed by atoms with E-state index in [1.165, 1.54) is 0 Å². The minimum absolute atomic E-state index is 0.798. The van der Waals surface area contributed by atoms with Crippen molar-refractivity contribution >= 4 is 17.3 Å². The summed E-state index contributed by atoms with van der Waals surface area (Å²) >= 11 is 1.73. The lowest BCUT2D eigenvalue weighted by Gasteiger charge is -2.01. The fourth-order valence-corrected chi connectivity index (χ4v) is 2.18. The predicted molar refractivity (Wildman–Crippen MR) is 60.6 cm³/mol. The Morgan fingerprint density at radius 3 is 2.64 bits per heavy atom. The van der Waals surface area contributed by atoms with Gasteiger partial charge in [-0.2, -0.15) is 5.26 Å². The summed E-state index contributed by atoms with van der Waals surface area (Å²) in [5.74, 6) is 0.914. The van der Waals surface area contributed by atoms with Crippen LogP contribution in [0, 0.1) is 11.3 Å². The van der Waals surface area contributed by atoms with Crippen molar-refractivity contribution < 1.29 is 0 Å². The van der Waals surface area contributed by atoms with Crippen molar-refractivity contribution in [3.05, 3.63) is 53.0 Å². The summed E-state index contributed by atoms with van der Waals surface area (Å²) in [5, 5.41) is 11.1. The molecule has 1 aliphatic heterocycles. The maximum absolute atomic E-state index is 9.09. The van der Waals surface area contributed by atoms with E-state index >= 15 is 0 Å². The smallest absolute Gasteiger partial charge is 0.100 e. The molecule has 0 aliphatic carbocycles. The topological polar surface area (TPSA) is 23.8 Å². The van der Waals surface area contributed by atoms with Gasteiger partial charge in [-0.3, -0.25) is 0 Å². The van der Waals surface area contributed by atoms with Crippen LogP contribution in [0.1, 0.15) is 5.56 Å². The molecule has 0 atom stereocenters. The maximum Gasteiger partial charge on any atom is 0.100 e. The Labute approximate surface area is 87.8 Å². The normalized spacial score (nSPS) is 17.9. The molecule has 2 heteroatoms. The molecule has 0 unspecified atom stereocenters. The number of nitrogens with zero attached hydrogens (tertiary/aromatic N) is 1. The molecular formula is C12H9NS. The number of benzene rings is 1. The summed E-state index contributed by atoms with van der Waals surface area (Å²) < 4.78 is 0. The van der Waals surface area contributed by atoms with Crippen molar-refractivity contribution in [3.8, 4) is 6.07 Å². The van der Waals surface area contributed by atoms with Crippen molar-refractivity contribution in [1.29, 1.82) is 5.26 Å². The van der Waals surface area contributed by atoms with Crippen LogP contribution in [0.2, 0.25) is 0 Å². The first-order chi connectivity index (χ1) is 6.92. The Kier molecular flexibility index (Phi) is 2.71. The Morgan fingerprint density at radius 2 is 2.07 bits per heavy atom. The number of nitriles is 1. The molecule has 68 valence electrons. The summed E-state index contributed by atoms with van der Waals surface area (Å²) in [6, 6.07) is 12.1. The SMILES string of the molecule is N#CC(=C1C=CSC1)c1ccccc1. The summed E-state index contributed by atoms with van der Waals surface area (Å²) in [6.45, 7) is 0. The van der Waals surface area contributed by atoms with E-state index in [9.17, 15) is 0 Å². The molecule has 0 bridgehead atoms. The third-order valence-electron chi connectivity index (χ3n) is 2.10. The maximum atomic E-state index is 9.09. The highest BCUT2D eigenvalue weighted by Gasteiger charge is 2.09. The minimum atomic E-state index is 0.798. The highest BCUT2D eigenvalue weighted by Crippen LogP contribution is 2.27. The largest absolute Gasteiger partial charge is 0.192 e. The van der Waals surface area contributed by atoms with Crippen LogP contribution >= 0.6 is 11.8 Å². The number of hydrogen-bond donors (Lipinski definition) is 0. The number of allylic oxidation sites excluding steroid dienone is 2. The van der Waals surface area contributed by atoms with Gasteiger partial charge in [-0.15, -0.1) is 11.8 Å². The van der Waals surface area contributed by atoms with E-state index in [1.54, 1.807) is 11.8 Å². The molecule has 0 aromatic heterocycles. The van der Waals surface area contributed by atoms with E-state index in [1.807, 2.05) is 41.8 Å². The van der Waals surface area contributed by atoms with Crippen molar-refractivity contribution in [2.45, 2.75) is 0 Å². The van der Waals surface area contributed by atoms with E-state index in [2.05, 4.69) is 6.07 Å². The molecule has 0 radical (unpaired) electrons. The molecule has 14 heavy (non-hydrogen) atoms. The van der Waals surface area contributed by atoms with E-state index in [-0.39, 0.29) is 0 Å². The van der Waals surface area contributed by atoms with Crippen molar-refractivity contribution in [1.82, 2.24) is 0 Å². The van der Waals surface area contributed by atoms with Crippen LogP contribution in [0.25, 0.3) is 5.57 Å². The zero-order valence-electron chi connectivity index (χ0n) is 7.60. The highest BCUT2D eigenvalue weighted by atomic mass is 32.2. The molecule has 2 rings (SSSR count). The molecule has 1 aliphatic rings. The summed E-state index contributed by atoms with van der Waals surface area (Å²) in [7, 11) is 0. The molecule has 1 heterocycles. The molecule has 1 nitrogen and oxygen atoms in total. The number of thioether (sulfide) groups is 1. The highest BCUT2D eigenvalue weighted by molar-refractivity contribution is 8.02. The third kappa shape index (κ3) is 1.73. The second kappa shape index (κ2) is 4.17. The number of rotatable bonds is 1. The van der Waals surface area contributed by atoms with Gasteiger partial charge in [0.05, 0.1) is 5.57 Å². The number of hydrogen-bond acceptors (Lipinski definition) is 2. The van der Waals surface area contributed by atoms with E-state index in [0.717, 1.165) is 22.5 Å². The van der Waals surface area contributed by atoms with Gasteiger partial charge in [-0.1, -0.05) is 36.4 Å². The van der Waals surface area contributed by atoms with Gasteiger partial charge in [0.25, 0.3) is 0 Å². The Balaban J connectivity index is 2.46. The monoisotopic (exact) mass is 199 g/mol. The zero-order chi connectivity index (χ0) is 9.80. The van der Waals surface area contributed by atoms with E-state index < -0.39 is 0 Å². The van der Waals surface area contributed by atoms with Crippen LogP contribution in [-0.2, 0) is 0 Å². The van der Waals surface area contributed by atoms with Crippen molar-refractivity contribution in [2.75, 3.05) is 5.75 Å². The van der Waals surface area contributed by atoms with E-state index in [4.69, 9.17) is 5.26 Å². The molecule has 0 saturated heterocycles. The molecule has 0 N–H and O–H groups in total. The quantitative estimate of drug-likeness (QED) is 0.648. The zero-order valence-corrected chi connectivity index (χ0v) is 8.42. The fraction of sp³-hybridized carbons (Fsp3) is 0.0833. The Hall–Kier alpha value is -1.46. The molecular weight excluding hydrogens is 190 g/mol. The van der Waals surface area contributed by atoms with Gasteiger partial charge < -0.3 is 0 Å². The molecule has 1 aromatic carbocycles. The average molecular weight is 199 g/mol. The lowest BCUT2D eigenvalue weighted by Crippen LogP contribution is -1.87. The summed E-state index contributed by atoms with van der Waals surface area (Å²) in [4.78, 5) is 0. The average Bonchev–Trinajstić information content (AvgIpc) is 2.74. The van der Waals surface area contributed by atoms with Gasteiger partial charge in [-0.25, -0.2) is 0 Å². The van der Waals surface area contributed by atoms with E-state index in [0.29, 0.717) is 0 Å². The summed E-state index contributed by atoms with van der Waals surface area (Å²) in [5.41, 5.74) is 2.94. The van der Waals surface area contributed by atoms with Crippen LogP contribution in [-0.4, -0.2) is 5.75 Å². The lowest BCUT2D eigenvalue weighted by molar-refractivity contribution is 1.49. The third-order valence-corrected chi connectivity index (χ3v) is 2.91. The van der Waals surface area contributed by atoms with Gasteiger partial charge in [-0.05, 0) is 16.5 Å². The first-order valence-electron chi connectivity index (χ1n) is 4.38. The van der Waals surface area contributed by atoms with Crippen LogP contribution in [0.15, 0.2) is 47.4 Å². The summed E-state index contributed by atoms with van der Waals surface area (Å²) in [6.07, 6.45) is 2.02. The van der Waals surface area contributed by atoms with Crippen LogP contribution < -0.4 is 0 Å². The van der Waals surface area contributed by atoms with Gasteiger partial charge in [0.1, 0.15) is 6.07 Å². The van der Waals surface area contributed by atoms with Gasteiger partial charge in [0.15, 0.2) is 0 Å². The Bertz CT molecular complexity index is 423. The first-order valence-corrected chi connectivity index (χ1v) is 5.43. The van der Waals surface area contributed by atoms with Crippen molar-refractivity contribution in [3.63, 3.8) is 0 Å². The predicted octanol–water partition coefficient (Wildman–Crippen LogP) is 3.22. The lowest BCUT2D eigenvalue weighted by atomic mass is 10.0. The Morgan fingerprint density at radius 1 is 1.29 bits per heavy atom. The van der Waals surface area contributed by atoms with Crippen LogP contribution in [0.5, 0.6) is 0 Å². The molecule has 0 spiro atoms. The molecule has 1 aromatic rings.